The van der Waals surface area contributed by atoms with Gasteiger partial charge in [-0.2, -0.15) is 5.26 Å². The van der Waals surface area contributed by atoms with E-state index in [-0.39, 0.29) is 16.7 Å². The highest BCUT2D eigenvalue weighted by atomic mass is 32.1. The SMILES string of the molecule is CC(/C=C1/NC(=S)CC1(C)C)C1=NC(C)(C#N)C(C)(C)C1. The Kier molecular flexibility index (Phi) is 3.78. The zero-order valence-electron chi connectivity index (χ0n) is 13.9. The van der Waals surface area contributed by atoms with Crippen molar-refractivity contribution in [2.45, 2.75) is 59.9 Å². The van der Waals surface area contributed by atoms with Crippen LogP contribution >= 0.6 is 12.2 Å². The summed E-state index contributed by atoms with van der Waals surface area (Å²) in [5, 5.41) is 12.8. The van der Waals surface area contributed by atoms with E-state index in [1.54, 1.807) is 0 Å². The Bertz CT molecular complexity index is 577. The first-order valence-corrected chi connectivity index (χ1v) is 7.94. The average molecular weight is 303 g/mol. The van der Waals surface area contributed by atoms with E-state index in [9.17, 15) is 5.26 Å². The fourth-order valence-corrected chi connectivity index (χ4v) is 3.49. The van der Waals surface area contributed by atoms with Gasteiger partial charge in [0.05, 0.1) is 11.1 Å². The number of nitrogens with one attached hydrogen (secondary N) is 1. The van der Waals surface area contributed by atoms with E-state index in [0.717, 1.165) is 23.5 Å². The predicted octanol–water partition coefficient (Wildman–Crippen LogP) is 4.01. The quantitative estimate of drug-likeness (QED) is 0.784. The smallest absolute Gasteiger partial charge is 0.149 e. The van der Waals surface area contributed by atoms with Gasteiger partial charge in [-0.15, -0.1) is 0 Å². The highest BCUT2D eigenvalue weighted by molar-refractivity contribution is 7.80. The molecular formula is C17H25N3S. The van der Waals surface area contributed by atoms with Crippen molar-refractivity contribution in [1.29, 1.82) is 5.26 Å². The number of thiocarbonyl (C=S) groups is 1. The number of hydrogen-bond acceptors (Lipinski definition) is 3. The molecule has 2 rings (SSSR count). The summed E-state index contributed by atoms with van der Waals surface area (Å²) in [5.41, 5.74) is 1.64. The molecule has 0 aliphatic carbocycles. The van der Waals surface area contributed by atoms with E-state index in [0.29, 0.717) is 0 Å². The number of nitriles is 1. The lowest BCUT2D eigenvalue weighted by Crippen LogP contribution is -2.34. The molecule has 2 aliphatic heterocycles. The molecule has 0 amide bonds. The van der Waals surface area contributed by atoms with Crippen molar-refractivity contribution in [2.24, 2.45) is 21.7 Å². The Balaban J connectivity index is 2.27. The van der Waals surface area contributed by atoms with Crippen LogP contribution in [0.25, 0.3) is 0 Å². The minimum Gasteiger partial charge on any atom is -0.353 e. The second kappa shape index (κ2) is 4.91. The molecule has 0 bridgehead atoms. The summed E-state index contributed by atoms with van der Waals surface area (Å²) in [5.74, 6) is 0.224. The van der Waals surface area contributed by atoms with Crippen LogP contribution in [0.4, 0.5) is 0 Å². The largest absolute Gasteiger partial charge is 0.353 e. The summed E-state index contributed by atoms with van der Waals surface area (Å²) in [4.78, 5) is 5.66. The van der Waals surface area contributed by atoms with Crippen molar-refractivity contribution in [3.05, 3.63) is 11.8 Å². The van der Waals surface area contributed by atoms with Crippen molar-refractivity contribution >= 4 is 22.9 Å². The van der Waals surface area contributed by atoms with Gasteiger partial charge in [-0.1, -0.05) is 52.9 Å². The molecule has 0 aromatic heterocycles. The van der Waals surface area contributed by atoms with Gasteiger partial charge in [-0.25, -0.2) is 0 Å². The summed E-state index contributed by atoms with van der Waals surface area (Å²) in [7, 11) is 0. The molecule has 2 atom stereocenters. The molecule has 21 heavy (non-hydrogen) atoms. The second-order valence-electron chi connectivity index (χ2n) is 7.83. The first-order valence-electron chi connectivity index (χ1n) is 7.53. The highest BCUT2D eigenvalue weighted by Gasteiger charge is 2.47. The maximum atomic E-state index is 9.46. The lowest BCUT2D eigenvalue weighted by molar-refractivity contribution is 0.276. The van der Waals surface area contributed by atoms with Gasteiger partial charge in [-0.3, -0.25) is 4.99 Å². The third-order valence-electron chi connectivity index (χ3n) is 5.07. The van der Waals surface area contributed by atoms with Crippen molar-refractivity contribution in [3.8, 4) is 6.07 Å². The minimum absolute atomic E-state index is 0.0680. The van der Waals surface area contributed by atoms with Crippen molar-refractivity contribution < 1.29 is 0 Å². The van der Waals surface area contributed by atoms with Gasteiger partial charge in [0, 0.05) is 34.6 Å². The Morgan fingerprint density at radius 2 is 1.90 bits per heavy atom. The molecular weight excluding hydrogens is 278 g/mol. The maximum Gasteiger partial charge on any atom is 0.149 e. The number of nitrogens with zero attached hydrogens (tertiary/aromatic N) is 2. The highest BCUT2D eigenvalue weighted by Crippen LogP contribution is 2.44. The van der Waals surface area contributed by atoms with Crippen LogP contribution in [0.1, 0.15) is 54.4 Å². The Labute approximate surface area is 133 Å². The predicted molar refractivity (Wildman–Crippen MR) is 91.2 cm³/mol. The van der Waals surface area contributed by atoms with Gasteiger partial charge in [0.1, 0.15) is 5.54 Å². The number of aliphatic imine (C=N–C) groups is 1. The van der Waals surface area contributed by atoms with Crippen LogP contribution < -0.4 is 5.32 Å². The lowest BCUT2D eigenvalue weighted by atomic mass is 9.73. The molecule has 1 saturated heterocycles. The molecule has 2 aliphatic rings. The molecule has 0 saturated carbocycles. The topological polar surface area (TPSA) is 48.2 Å². The van der Waals surface area contributed by atoms with Crippen LogP contribution in [-0.2, 0) is 0 Å². The van der Waals surface area contributed by atoms with E-state index >= 15 is 0 Å². The zero-order valence-corrected chi connectivity index (χ0v) is 14.7. The molecule has 114 valence electrons. The molecule has 1 fully saturated rings. The molecule has 0 aromatic carbocycles. The van der Waals surface area contributed by atoms with E-state index in [1.807, 2.05) is 6.92 Å². The standard InChI is InChI=1S/C17H25N3S/c1-11(7-13-15(2,3)9-14(21)19-13)12-8-16(4,5)17(6,10-18)20-12/h7,11H,8-9H2,1-6H3,(H,19,21)/b13-7+. The normalized spacial score (nSPS) is 33.5. The Hall–Kier alpha value is -1.21. The third kappa shape index (κ3) is 2.76. The van der Waals surface area contributed by atoms with Gasteiger partial charge in [0.25, 0.3) is 0 Å². The molecule has 3 nitrogen and oxygen atoms in total. The van der Waals surface area contributed by atoms with Gasteiger partial charge in [-0.05, 0) is 13.3 Å². The van der Waals surface area contributed by atoms with Crippen molar-refractivity contribution in [2.75, 3.05) is 0 Å². The van der Waals surface area contributed by atoms with Crippen LogP contribution in [0, 0.1) is 28.1 Å². The van der Waals surface area contributed by atoms with E-state index in [1.165, 1.54) is 5.70 Å². The van der Waals surface area contributed by atoms with E-state index in [2.05, 4.69) is 52.1 Å². The van der Waals surface area contributed by atoms with Crippen LogP contribution in [0.5, 0.6) is 0 Å². The van der Waals surface area contributed by atoms with Gasteiger partial charge in [0.2, 0.25) is 0 Å². The Morgan fingerprint density at radius 3 is 2.33 bits per heavy atom. The molecule has 4 heteroatoms. The van der Waals surface area contributed by atoms with Gasteiger partial charge in [0.15, 0.2) is 0 Å². The summed E-state index contributed by atoms with van der Waals surface area (Å²) in [6.07, 6.45) is 4.00. The molecule has 0 spiro atoms. The van der Waals surface area contributed by atoms with E-state index < -0.39 is 5.54 Å². The summed E-state index contributed by atoms with van der Waals surface area (Å²) in [6.45, 7) is 12.8. The molecule has 0 radical (unpaired) electrons. The molecule has 2 heterocycles. The number of allylic oxidation sites excluding steroid dienone is 2. The summed E-state index contributed by atoms with van der Waals surface area (Å²) >= 11 is 5.30. The third-order valence-corrected chi connectivity index (χ3v) is 5.32. The molecule has 2 unspecified atom stereocenters. The summed E-state index contributed by atoms with van der Waals surface area (Å²) < 4.78 is 0. The van der Waals surface area contributed by atoms with Crippen molar-refractivity contribution in [3.63, 3.8) is 0 Å². The Morgan fingerprint density at radius 1 is 1.29 bits per heavy atom. The zero-order chi connectivity index (χ0) is 16.1. The first-order chi connectivity index (χ1) is 9.51. The van der Waals surface area contributed by atoms with Crippen LogP contribution in [0.2, 0.25) is 0 Å². The number of hydrogen-bond donors (Lipinski definition) is 1. The minimum atomic E-state index is -0.622. The van der Waals surface area contributed by atoms with Crippen LogP contribution in [0.3, 0.4) is 0 Å². The van der Waals surface area contributed by atoms with E-state index in [4.69, 9.17) is 17.2 Å². The molecule has 1 N–H and O–H groups in total. The second-order valence-corrected chi connectivity index (χ2v) is 8.32. The maximum absolute atomic E-state index is 9.46. The fourth-order valence-electron chi connectivity index (χ4n) is 3.02. The van der Waals surface area contributed by atoms with Gasteiger partial charge < -0.3 is 5.32 Å². The summed E-state index contributed by atoms with van der Waals surface area (Å²) in [6, 6.07) is 2.39. The number of rotatable bonds is 2. The first kappa shape index (κ1) is 16.2. The lowest BCUT2D eigenvalue weighted by Gasteiger charge is -2.29. The fraction of sp³-hybridized carbons (Fsp3) is 0.706. The van der Waals surface area contributed by atoms with Crippen molar-refractivity contribution in [1.82, 2.24) is 5.32 Å². The monoisotopic (exact) mass is 303 g/mol. The van der Waals surface area contributed by atoms with Crippen LogP contribution in [0.15, 0.2) is 16.8 Å². The van der Waals surface area contributed by atoms with Gasteiger partial charge >= 0.3 is 0 Å². The molecule has 0 aromatic rings. The average Bonchev–Trinajstić information content (AvgIpc) is 2.73. The van der Waals surface area contributed by atoms with Crippen LogP contribution in [-0.4, -0.2) is 16.2 Å².